The van der Waals surface area contributed by atoms with Crippen LogP contribution in [0.3, 0.4) is 0 Å². The van der Waals surface area contributed by atoms with Gasteiger partial charge in [-0.15, -0.1) is 0 Å². The number of fused-ring (bicyclic) bond motifs is 1. The van der Waals surface area contributed by atoms with Crippen molar-refractivity contribution >= 4 is 22.9 Å². The van der Waals surface area contributed by atoms with E-state index < -0.39 is 12.0 Å². The molecule has 1 saturated heterocycles. The van der Waals surface area contributed by atoms with E-state index >= 15 is 0 Å². The number of hydrogen-bond donors (Lipinski definition) is 1. The van der Waals surface area contributed by atoms with Crippen molar-refractivity contribution in [2.45, 2.75) is 75.5 Å². The lowest BCUT2D eigenvalue weighted by molar-refractivity contribution is -0.133. The molecule has 3 aliphatic rings. The topological polar surface area (TPSA) is 97.6 Å². The molecule has 2 saturated carbocycles. The lowest BCUT2D eigenvalue weighted by atomic mass is 9.90. The van der Waals surface area contributed by atoms with Crippen LogP contribution in [0.5, 0.6) is 5.88 Å². The first-order valence-electron chi connectivity index (χ1n) is 15.0. The Hall–Kier alpha value is -3.38. The van der Waals surface area contributed by atoms with Gasteiger partial charge in [0.25, 0.3) is 6.43 Å². The number of nitrogens with zero attached hydrogens (tertiary/aromatic N) is 6. The number of aromatic nitrogens is 4. The quantitative estimate of drug-likeness (QED) is 0.420. The van der Waals surface area contributed by atoms with Crippen molar-refractivity contribution in [1.29, 1.82) is 0 Å². The van der Waals surface area contributed by atoms with Crippen LogP contribution in [0.2, 0.25) is 0 Å². The smallest absolute Gasteiger partial charge is 0.296 e. The molecule has 2 aromatic heterocycles. The van der Waals surface area contributed by atoms with Crippen molar-refractivity contribution in [3.63, 3.8) is 0 Å². The molecular formula is C30H39F2N7O3. The average Bonchev–Trinajstić information content (AvgIpc) is 3.65. The second-order valence-corrected chi connectivity index (χ2v) is 11.8. The first-order valence-corrected chi connectivity index (χ1v) is 15.0. The van der Waals surface area contributed by atoms with Gasteiger partial charge in [0.15, 0.2) is 5.82 Å². The maximum absolute atomic E-state index is 14.2. The molecule has 3 fully saturated rings. The third-order valence-electron chi connectivity index (χ3n) is 8.99. The number of ether oxygens (including phenoxy) is 2. The molecule has 1 aliphatic heterocycles. The highest BCUT2D eigenvalue weighted by Crippen LogP contribution is 2.35. The van der Waals surface area contributed by atoms with Crippen molar-refractivity contribution in [3.8, 4) is 11.7 Å². The molecule has 42 heavy (non-hydrogen) atoms. The van der Waals surface area contributed by atoms with Crippen molar-refractivity contribution in [1.82, 2.24) is 29.7 Å². The van der Waals surface area contributed by atoms with Gasteiger partial charge in [-0.05, 0) is 64.8 Å². The molecule has 1 aromatic carbocycles. The summed E-state index contributed by atoms with van der Waals surface area (Å²) in [4.78, 5) is 30.9. The largest absolute Gasteiger partial charge is 0.474 e. The van der Waals surface area contributed by atoms with Crippen LogP contribution in [-0.2, 0) is 9.53 Å². The van der Waals surface area contributed by atoms with Gasteiger partial charge in [-0.1, -0.05) is 25.0 Å². The summed E-state index contributed by atoms with van der Waals surface area (Å²) in [7, 11) is 3.99. The molecule has 6 rings (SSSR count). The van der Waals surface area contributed by atoms with Gasteiger partial charge in [0, 0.05) is 25.2 Å². The van der Waals surface area contributed by atoms with E-state index in [2.05, 4.69) is 15.2 Å². The molecule has 3 aromatic rings. The summed E-state index contributed by atoms with van der Waals surface area (Å²) in [6.45, 7) is 2.25. The highest BCUT2D eigenvalue weighted by atomic mass is 19.3. The Labute approximate surface area is 244 Å². The van der Waals surface area contributed by atoms with E-state index in [0.717, 1.165) is 51.4 Å². The number of benzene rings is 1. The first-order chi connectivity index (χ1) is 20.3. The normalized spacial score (nSPS) is 22.7. The standard InChI is InChI=1S/C30H39F2N7O3/c1-37(2)30(13-5-6-14-30)28(40)33-20-9-11-21(12-10-20)42-25-19-24(35-29(36-25)38-15-17-41-18-16-38)39-23-8-4-3-7-22(23)34-27(39)26(31)32/h3-4,7-8,19-21,26H,5-6,9-18H2,1-2H3,(H,33,40). The predicted molar refractivity (Wildman–Crippen MR) is 154 cm³/mol. The number of para-hydroxylation sites is 2. The number of carbonyl (C=O) groups excluding carboxylic acids is 1. The van der Waals surface area contributed by atoms with Crippen molar-refractivity contribution in [3.05, 3.63) is 36.2 Å². The Morgan fingerprint density at radius 3 is 2.48 bits per heavy atom. The Bertz CT molecular complexity index is 1390. The monoisotopic (exact) mass is 583 g/mol. The van der Waals surface area contributed by atoms with Crippen LogP contribution in [0.1, 0.15) is 63.6 Å². The molecule has 3 heterocycles. The van der Waals surface area contributed by atoms with Crippen LogP contribution in [0.15, 0.2) is 30.3 Å². The number of morpholine rings is 1. The highest BCUT2D eigenvalue weighted by molar-refractivity contribution is 5.87. The molecule has 1 N–H and O–H groups in total. The lowest BCUT2D eigenvalue weighted by Gasteiger charge is -2.37. The second-order valence-electron chi connectivity index (χ2n) is 11.8. The molecule has 10 nitrogen and oxygen atoms in total. The molecule has 0 spiro atoms. The summed E-state index contributed by atoms with van der Waals surface area (Å²) >= 11 is 0. The zero-order valence-electron chi connectivity index (χ0n) is 24.3. The van der Waals surface area contributed by atoms with Crippen molar-refractivity contribution < 1.29 is 23.0 Å². The lowest BCUT2D eigenvalue weighted by Crippen LogP contribution is -2.57. The van der Waals surface area contributed by atoms with E-state index in [1.807, 2.05) is 19.0 Å². The van der Waals surface area contributed by atoms with E-state index in [9.17, 15) is 13.6 Å². The number of likely N-dealkylation sites (N-methyl/N-ethyl adjacent to an activating group) is 1. The van der Waals surface area contributed by atoms with Crippen molar-refractivity contribution in [2.24, 2.45) is 0 Å². The Morgan fingerprint density at radius 1 is 1.07 bits per heavy atom. The number of hydrogen-bond acceptors (Lipinski definition) is 8. The van der Waals surface area contributed by atoms with Crippen LogP contribution in [-0.4, -0.2) is 88.4 Å². The zero-order valence-corrected chi connectivity index (χ0v) is 24.3. The number of halogens is 2. The number of amides is 1. The van der Waals surface area contributed by atoms with Gasteiger partial charge in [0.05, 0.1) is 29.8 Å². The summed E-state index contributed by atoms with van der Waals surface area (Å²) in [5, 5.41) is 3.32. The van der Waals surface area contributed by atoms with E-state index in [0.29, 0.717) is 49.2 Å². The fourth-order valence-electron chi connectivity index (χ4n) is 6.57. The predicted octanol–water partition coefficient (Wildman–Crippen LogP) is 4.27. The summed E-state index contributed by atoms with van der Waals surface area (Å²) in [6.07, 6.45) is 4.15. The Morgan fingerprint density at radius 2 is 1.79 bits per heavy atom. The SMILES string of the molecule is CN(C)C1(C(=O)NC2CCC(Oc3cc(-n4c(C(F)F)nc5ccccc54)nc(N4CCOCC4)n3)CC2)CCCC1. The van der Waals surface area contributed by atoms with E-state index in [1.54, 1.807) is 30.3 Å². The summed E-state index contributed by atoms with van der Waals surface area (Å²) < 4.78 is 41.6. The van der Waals surface area contributed by atoms with Gasteiger partial charge < -0.3 is 19.7 Å². The number of alkyl halides is 2. The number of carbonyl (C=O) groups is 1. The van der Waals surface area contributed by atoms with Crippen LogP contribution in [0, 0.1) is 0 Å². The second kappa shape index (κ2) is 12.1. The van der Waals surface area contributed by atoms with Gasteiger partial charge in [0.1, 0.15) is 11.9 Å². The minimum absolute atomic E-state index is 0.102. The summed E-state index contributed by atoms with van der Waals surface area (Å²) in [6, 6.07) is 8.76. The van der Waals surface area contributed by atoms with Crippen LogP contribution in [0.4, 0.5) is 14.7 Å². The van der Waals surface area contributed by atoms with Gasteiger partial charge in [-0.3, -0.25) is 14.3 Å². The van der Waals surface area contributed by atoms with E-state index in [-0.39, 0.29) is 29.7 Å². The first kappa shape index (κ1) is 28.7. The highest BCUT2D eigenvalue weighted by Gasteiger charge is 2.44. The zero-order chi connectivity index (χ0) is 29.3. The summed E-state index contributed by atoms with van der Waals surface area (Å²) in [5.41, 5.74) is 0.602. The minimum atomic E-state index is -2.79. The number of nitrogens with one attached hydrogen (secondary N) is 1. The van der Waals surface area contributed by atoms with Crippen LogP contribution < -0.4 is 15.0 Å². The third-order valence-corrected chi connectivity index (χ3v) is 8.99. The Kier molecular flexibility index (Phi) is 8.26. The molecule has 0 radical (unpaired) electrons. The maximum atomic E-state index is 14.2. The van der Waals surface area contributed by atoms with Gasteiger partial charge >= 0.3 is 0 Å². The molecule has 0 atom stereocenters. The maximum Gasteiger partial charge on any atom is 0.296 e. The summed E-state index contributed by atoms with van der Waals surface area (Å²) in [5.74, 6) is 0.798. The molecule has 0 unspecified atom stereocenters. The number of anilines is 1. The van der Waals surface area contributed by atoms with Gasteiger partial charge in [0.2, 0.25) is 17.7 Å². The molecular weight excluding hydrogens is 544 g/mol. The fourth-order valence-corrected chi connectivity index (χ4v) is 6.57. The van der Waals surface area contributed by atoms with E-state index in [1.165, 1.54) is 4.57 Å². The molecule has 226 valence electrons. The molecule has 12 heteroatoms. The number of rotatable bonds is 8. The molecule has 0 bridgehead atoms. The third kappa shape index (κ3) is 5.66. The van der Waals surface area contributed by atoms with Crippen LogP contribution in [0.25, 0.3) is 16.9 Å². The van der Waals surface area contributed by atoms with Crippen molar-refractivity contribution in [2.75, 3.05) is 45.3 Å². The van der Waals surface area contributed by atoms with E-state index in [4.69, 9.17) is 19.4 Å². The Balaban J connectivity index is 1.22. The van der Waals surface area contributed by atoms with Gasteiger partial charge in [-0.2, -0.15) is 9.97 Å². The fraction of sp³-hybridized carbons (Fsp3) is 0.600. The molecule has 2 aliphatic carbocycles. The van der Waals surface area contributed by atoms with Gasteiger partial charge in [-0.25, -0.2) is 13.8 Å². The number of imidazole rings is 1. The minimum Gasteiger partial charge on any atom is -0.474 e. The van der Waals surface area contributed by atoms with Crippen LogP contribution >= 0.6 is 0 Å². The molecule has 1 amide bonds. The average molecular weight is 584 g/mol.